The van der Waals surface area contributed by atoms with E-state index in [2.05, 4.69) is 6.58 Å². The number of halogens is 2. The molecule has 4 nitrogen and oxygen atoms in total. The number of hydrogen-bond donors (Lipinski definition) is 1. The van der Waals surface area contributed by atoms with Crippen molar-refractivity contribution in [2.45, 2.75) is 19.8 Å². The third kappa shape index (κ3) is 2.99. The number of allylic oxidation sites excluding steroid dienone is 1. The van der Waals surface area contributed by atoms with Crippen molar-refractivity contribution in [1.29, 1.82) is 0 Å². The van der Waals surface area contributed by atoms with Crippen molar-refractivity contribution in [3.63, 3.8) is 0 Å². The minimum absolute atomic E-state index is 0.205. The number of phenolic OH excluding ortho intramolecular Hbond substituents is 1. The van der Waals surface area contributed by atoms with Gasteiger partial charge in [0.1, 0.15) is 5.75 Å². The monoisotopic (exact) mass is 243 g/mol. The zero-order chi connectivity index (χ0) is 13.2. The maximum absolute atomic E-state index is 12.5. The van der Waals surface area contributed by atoms with E-state index in [0.717, 1.165) is 12.1 Å². The number of nitro benzene ring substituents is 1. The lowest BCUT2D eigenvalue weighted by molar-refractivity contribution is -0.386. The highest BCUT2D eigenvalue weighted by Crippen LogP contribution is 2.35. The molecule has 0 radical (unpaired) electrons. The number of rotatable bonds is 4. The molecule has 17 heavy (non-hydrogen) atoms. The number of nitro groups is 1. The zero-order valence-electron chi connectivity index (χ0n) is 9.11. The predicted octanol–water partition coefficient (Wildman–Crippen LogP) is 3.36. The summed E-state index contributed by atoms with van der Waals surface area (Å²) in [5.41, 5.74) is -0.583. The number of nitrogens with zero attached hydrogens (tertiary/aromatic N) is 1. The van der Waals surface area contributed by atoms with Gasteiger partial charge in [0.05, 0.1) is 10.5 Å². The van der Waals surface area contributed by atoms with E-state index in [1.807, 2.05) is 0 Å². The van der Waals surface area contributed by atoms with Crippen LogP contribution in [0.25, 0.3) is 0 Å². The van der Waals surface area contributed by atoms with Gasteiger partial charge in [0.15, 0.2) is 0 Å². The maximum Gasteiger partial charge on any atom is 0.278 e. The lowest BCUT2D eigenvalue weighted by atomic mass is 10.0. The van der Waals surface area contributed by atoms with Gasteiger partial charge in [-0.05, 0) is 19.4 Å². The Morgan fingerprint density at radius 1 is 1.59 bits per heavy atom. The number of alkyl halides is 2. The Labute approximate surface area is 96.3 Å². The molecule has 6 heteroatoms. The molecule has 0 heterocycles. The van der Waals surface area contributed by atoms with E-state index >= 15 is 0 Å². The number of phenols is 1. The van der Waals surface area contributed by atoms with Gasteiger partial charge in [-0.25, -0.2) is 8.78 Å². The lowest BCUT2D eigenvalue weighted by Gasteiger charge is -2.08. The van der Waals surface area contributed by atoms with E-state index in [4.69, 9.17) is 0 Å². The van der Waals surface area contributed by atoms with E-state index in [1.54, 1.807) is 6.92 Å². The highest BCUT2D eigenvalue weighted by atomic mass is 19.3. The van der Waals surface area contributed by atoms with Gasteiger partial charge < -0.3 is 5.11 Å². The topological polar surface area (TPSA) is 63.4 Å². The number of benzene rings is 1. The molecule has 0 aliphatic rings. The van der Waals surface area contributed by atoms with Gasteiger partial charge in [-0.15, -0.1) is 0 Å². The largest absolute Gasteiger partial charge is 0.508 e. The number of aromatic hydroxyl groups is 1. The van der Waals surface area contributed by atoms with Gasteiger partial charge in [-0.1, -0.05) is 12.2 Å². The van der Waals surface area contributed by atoms with Crippen LogP contribution in [0.3, 0.4) is 0 Å². The Kier molecular flexibility index (Phi) is 3.77. The molecule has 0 aromatic heterocycles. The highest BCUT2D eigenvalue weighted by Gasteiger charge is 2.24. The van der Waals surface area contributed by atoms with Crippen molar-refractivity contribution < 1.29 is 18.8 Å². The van der Waals surface area contributed by atoms with Crippen molar-refractivity contribution in [3.05, 3.63) is 45.5 Å². The molecule has 0 fully saturated rings. The second-order valence-electron chi connectivity index (χ2n) is 3.73. The molecule has 0 saturated carbocycles. The van der Waals surface area contributed by atoms with Crippen molar-refractivity contribution in [2.75, 3.05) is 0 Å². The number of hydrogen-bond acceptors (Lipinski definition) is 3. The summed E-state index contributed by atoms with van der Waals surface area (Å²) in [6.45, 7) is 5.27. The summed E-state index contributed by atoms with van der Waals surface area (Å²) in [4.78, 5) is 9.76. The molecule has 1 N–H and O–H groups in total. The summed E-state index contributed by atoms with van der Waals surface area (Å²) in [6.07, 6.45) is -2.80. The van der Waals surface area contributed by atoms with Gasteiger partial charge in [-0.3, -0.25) is 10.1 Å². The fourth-order valence-corrected chi connectivity index (χ4v) is 1.44. The second kappa shape index (κ2) is 4.90. The Morgan fingerprint density at radius 3 is 2.59 bits per heavy atom. The minimum Gasteiger partial charge on any atom is -0.508 e. The molecule has 1 aromatic rings. The minimum atomic E-state index is -3.00. The Bertz CT molecular complexity index is 472. The first-order chi connectivity index (χ1) is 7.82. The summed E-state index contributed by atoms with van der Waals surface area (Å²) in [6, 6.07) is 1.70. The van der Waals surface area contributed by atoms with Crippen LogP contribution in [-0.4, -0.2) is 10.0 Å². The van der Waals surface area contributed by atoms with Crippen molar-refractivity contribution in [2.24, 2.45) is 0 Å². The molecule has 92 valence electrons. The van der Waals surface area contributed by atoms with Crippen LogP contribution in [0.2, 0.25) is 0 Å². The third-order valence-corrected chi connectivity index (χ3v) is 2.15. The van der Waals surface area contributed by atoms with E-state index in [0.29, 0.717) is 5.57 Å². The standard InChI is InChI=1S/C11H11F2NO3/c1-6(2)3-7-4-9(14(16)17)8(11(12)13)5-10(7)15/h4-5,11,15H,1,3H2,2H3. The van der Waals surface area contributed by atoms with E-state index < -0.39 is 22.6 Å². The average Bonchev–Trinajstić information content (AvgIpc) is 2.19. The Hall–Kier alpha value is -1.98. The van der Waals surface area contributed by atoms with Crippen LogP contribution >= 0.6 is 0 Å². The van der Waals surface area contributed by atoms with Gasteiger partial charge in [0.2, 0.25) is 0 Å². The van der Waals surface area contributed by atoms with Crippen LogP contribution in [0.1, 0.15) is 24.5 Å². The molecule has 0 spiro atoms. The molecule has 1 aromatic carbocycles. The molecule has 1 rings (SSSR count). The van der Waals surface area contributed by atoms with Gasteiger partial charge in [-0.2, -0.15) is 0 Å². The van der Waals surface area contributed by atoms with Crippen LogP contribution in [0, 0.1) is 10.1 Å². The summed E-state index contributed by atoms with van der Waals surface area (Å²) >= 11 is 0. The highest BCUT2D eigenvalue weighted by molar-refractivity contribution is 5.51. The normalized spacial score (nSPS) is 10.6. The second-order valence-corrected chi connectivity index (χ2v) is 3.73. The van der Waals surface area contributed by atoms with Crippen LogP contribution in [0.4, 0.5) is 14.5 Å². The third-order valence-electron chi connectivity index (χ3n) is 2.15. The summed E-state index contributed by atoms with van der Waals surface area (Å²) < 4.78 is 25.1. The molecule has 0 amide bonds. The SMILES string of the molecule is C=C(C)Cc1cc([N+](=O)[O-])c(C(F)F)cc1O. The molecule has 0 aliphatic carbocycles. The molecule has 0 bridgehead atoms. The summed E-state index contributed by atoms with van der Waals surface area (Å²) in [5, 5.41) is 20.1. The van der Waals surface area contributed by atoms with Gasteiger partial charge in [0.25, 0.3) is 12.1 Å². The fourth-order valence-electron chi connectivity index (χ4n) is 1.44. The lowest BCUT2D eigenvalue weighted by Crippen LogP contribution is -1.99. The summed E-state index contributed by atoms with van der Waals surface area (Å²) in [7, 11) is 0. The van der Waals surface area contributed by atoms with Gasteiger partial charge in [0, 0.05) is 11.6 Å². The molecule has 0 aliphatic heterocycles. The fraction of sp³-hybridized carbons (Fsp3) is 0.273. The molecular weight excluding hydrogens is 232 g/mol. The van der Waals surface area contributed by atoms with Crippen LogP contribution < -0.4 is 0 Å². The Morgan fingerprint density at radius 2 is 2.18 bits per heavy atom. The molecular formula is C11H11F2NO3. The Balaban J connectivity index is 3.34. The predicted molar refractivity (Wildman–Crippen MR) is 58.2 cm³/mol. The van der Waals surface area contributed by atoms with E-state index in [9.17, 15) is 24.0 Å². The molecule has 0 atom stereocenters. The molecule has 0 unspecified atom stereocenters. The zero-order valence-corrected chi connectivity index (χ0v) is 9.11. The van der Waals surface area contributed by atoms with Crippen molar-refractivity contribution in [3.8, 4) is 5.75 Å². The van der Waals surface area contributed by atoms with Crippen LogP contribution in [0.5, 0.6) is 5.75 Å². The van der Waals surface area contributed by atoms with E-state index in [1.165, 1.54) is 0 Å². The quantitative estimate of drug-likeness (QED) is 0.501. The van der Waals surface area contributed by atoms with Crippen molar-refractivity contribution >= 4 is 5.69 Å². The van der Waals surface area contributed by atoms with Gasteiger partial charge >= 0.3 is 0 Å². The average molecular weight is 243 g/mol. The van der Waals surface area contributed by atoms with Crippen LogP contribution in [0.15, 0.2) is 24.3 Å². The van der Waals surface area contributed by atoms with E-state index in [-0.39, 0.29) is 17.7 Å². The smallest absolute Gasteiger partial charge is 0.278 e. The van der Waals surface area contributed by atoms with Crippen LogP contribution in [-0.2, 0) is 6.42 Å². The first-order valence-electron chi connectivity index (χ1n) is 4.75. The molecule has 0 saturated heterocycles. The maximum atomic E-state index is 12.5. The first kappa shape index (κ1) is 13.1. The first-order valence-corrected chi connectivity index (χ1v) is 4.75. The summed E-state index contributed by atoms with van der Waals surface area (Å²) in [5.74, 6) is -0.381. The van der Waals surface area contributed by atoms with Crippen molar-refractivity contribution in [1.82, 2.24) is 0 Å².